The summed E-state index contributed by atoms with van der Waals surface area (Å²) in [5.74, 6) is 0.297. The Morgan fingerprint density at radius 3 is 2.90 bits per heavy atom. The number of hydrogen-bond donors (Lipinski definition) is 1. The van der Waals surface area contributed by atoms with Crippen molar-refractivity contribution < 1.29 is 9.53 Å². The summed E-state index contributed by atoms with van der Waals surface area (Å²) in [5, 5.41) is 11.9. The number of nitriles is 1. The number of nitrogens with zero attached hydrogens (tertiary/aromatic N) is 2. The van der Waals surface area contributed by atoms with Crippen molar-refractivity contribution in [3.05, 3.63) is 53.7 Å². The number of rotatable bonds is 4. The summed E-state index contributed by atoms with van der Waals surface area (Å²) < 4.78 is 4.63. The Morgan fingerprint density at radius 2 is 2.15 bits per heavy atom. The Labute approximate surface area is 116 Å². The van der Waals surface area contributed by atoms with Crippen molar-refractivity contribution in [2.24, 2.45) is 0 Å². The molecule has 0 atom stereocenters. The van der Waals surface area contributed by atoms with Crippen LogP contribution in [-0.4, -0.2) is 18.1 Å². The van der Waals surface area contributed by atoms with Crippen LogP contribution in [0.2, 0.25) is 0 Å². The Bertz CT molecular complexity index is 662. The maximum atomic E-state index is 11.2. The summed E-state index contributed by atoms with van der Waals surface area (Å²) in [6.07, 6.45) is 0.220. The fraction of sp³-hybridized carbons (Fsp3) is 0.133. The zero-order chi connectivity index (χ0) is 14.4. The molecule has 0 saturated carbocycles. The monoisotopic (exact) mass is 267 g/mol. The second kappa shape index (κ2) is 6.34. The molecule has 0 aliphatic heterocycles. The third-order valence-electron chi connectivity index (χ3n) is 2.64. The normalized spacial score (nSPS) is 9.60. The summed E-state index contributed by atoms with van der Waals surface area (Å²) in [6.45, 7) is 0. The molecule has 1 heterocycles. The quantitative estimate of drug-likeness (QED) is 0.861. The smallest absolute Gasteiger partial charge is 0.309 e. The minimum atomic E-state index is -0.285. The lowest BCUT2D eigenvalue weighted by Crippen LogP contribution is -2.04. The fourth-order valence-corrected chi connectivity index (χ4v) is 1.71. The van der Waals surface area contributed by atoms with Crippen LogP contribution in [0, 0.1) is 11.3 Å². The molecule has 5 nitrogen and oxygen atoms in total. The van der Waals surface area contributed by atoms with Gasteiger partial charge >= 0.3 is 5.97 Å². The predicted molar refractivity (Wildman–Crippen MR) is 74.4 cm³/mol. The molecule has 1 aromatic carbocycles. The van der Waals surface area contributed by atoms with Gasteiger partial charge in [-0.15, -0.1) is 0 Å². The van der Waals surface area contributed by atoms with Crippen LogP contribution in [0.15, 0.2) is 42.5 Å². The van der Waals surface area contributed by atoms with Crippen molar-refractivity contribution in [2.75, 3.05) is 12.4 Å². The topological polar surface area (TPSA) is 75.0 Å². The highest BCUT2D eigenvalue weighted by atomic mass is 16.5. The molecule has 1 aromatic heterocycles. The van der Waals surface area contributed by atoms with Crippen LogP contribution in [-0.2, 0) is 16.0 Å². The number of carbonyl (C=O) groups excluding carboxylic acids is 1. The van der Waals surface area contributed by atoms with E-state index in [0.717, 1.165) is 11.3 Å². The van der Waals surface area contributed by atoms with Gasteiger partial charge in [0.05, 0.1) is 13.5 Å². The number of carbonyl (C=O) groups is 1. The molecule has 0 radical (unpaired) electrons. The summed E-state index contributed by atoms with van der Waals surface area (Å²) in [6, 6.07) is 14.5. The lowest BCUT2D eigenvalue weighted by Gasteiger charge is -2.07. The molecule has 0 fully saturated rings. The van der Waals surface area contributed by atoms with Gasteiger partial charge in [0.15, 0.2) is 0 Å². The van der Waals surface area contributed by atoms with E-state index in [-0.39, 0.29) is 12.4 Å². The van der Waals surface area contributed by atoms with Crippen LogP contribution in [0.5, 0.6) is 0 Å². The SMILES string of the molecule is COC(=O)Cc1cccc(Nc2cccc(C#N)n2)c1. The van der Waals surface area contributed by atoms with Gasteiger partial charge in [-0.05, 0) is 29.8 Å². The summed E-state index contributed by atoms with van der Waals surface area (Å²) in [5.41, 5.74) is 1.99. The van der Waals surface area contributed by atoms with E-state index in [1.54, 1.807) is 18.2 Å². The molecule has 100 valence electrons. The summed E-state index contributed by atoms with van der Waals surface area (Å²) in [7, 11) is 1.36. The Morgan fingerprint density at radius 1 is 1.35 bits per heavy atom. The van der Waals surface area contributed by atoms with E-state index in [4.69, 9.17) is 5.26 Å². The molecule has 0 amide bonds. The highest BCUT2D eigenvalue weighted by Gasteiger charge is 2.04. The van der Waals surface area contributed by atoms with E-state index in [1.165, 1.54) is 7.11 Å². The van der Waals surface area contributed by atoms with Crippen LogP contribution in [0.25, 0.3) is 0 Å². The van der Waals surface area contributed by atoms with E-state index in [0.29, 0.717) is 11.5 Å². The van der Waals surface area contributed by atoms with Crippen molar-refractivity contribution in [3.8, 4) is 6.07 Å². The molecule has 0 bridgehead atoms. The van der Waals surface area contributed by atoms with Gasteiger partial charge in [-0.2, -0.15) is 5.26 Å². The van der Waals surface area contributed by atoms with Gasteiger partial charge in [0.2, 0.25) is 0 Å². The number of pyridine rings is 1. The molecule has 5 heteroatoms. The molecule has 20 heavy (non-hydrogen) atoms. The predicted octanol–water partition coefficient (Wildman–Crippen LogP) is 2.41. The first-order chi connectivity index (χ1) is 9.71. The number of hydrogen-bond acceptors (Lipinski definition) is 5. The number of benzene rings is 1. The van der Waals surface area contributed by atoms with Gasteiger partial charge < -0.3 is 10.1 Å². The molecule has 0 aliphatic rings. The Hall–Kier alpha value is -2.87. The second-order valence-corrected chi connectivity index (χ2v) is 4.10. The number of nitrogens with one attached hydrogen (secondary N) is 1. The first-order valence-corrected chi connectivity index (χ1v) is 6.01. The van der Waals surface area contributed by atoms with E-state index in [1.807, 2.05) is 30.3 Å². The molecular formula is C15H13N3O2. The van der Waals surface area contributed by atoms with Gasteiger partial charge in [-0.1, -0.05) is 18.2 Å². The van der Waals surface area contributed by atoms with Crippen molar-refractivity contribution in [1.29, 1.82) is 5.26 Å². The number of ether oxygens (including phenoxy) is 1. The number of anilines is 2. The van der Waals surface area contributed by atoms with Crippen LogP contribution in [0.4, 0.5) is 11.5 Å². The first kappa shape index (κ1) is 13.6. The molecular weight excluding hydrogens is 254 g/mol. The third kappa shape index (κ3) is 3.56. The average Bonchev–Trinajstić information content (AvgIpc) is 2.47. The Kier molecular flexibility index (Phi) is 4.30. The molecule has 0 spiro atoms. The van der Waals surface area contributed by atoms with E-state index >= 15 is 0 Å². The lowest BCUT2D eigenvalue weighted by molar-refractivity contribution is -0.139. The standard InChI is InChI=1S/C15H13N3O2/c1-20-15(19)9-11-4-2-5-12(8-11)17-14-7-3-6-13(10-16)18-14/h2-8H,9H2,1H3,(H,17,18). The van der Waals surface area contributed by atoms with Gasteiger partial charge in [-0.3, -0.25) is 4.79 Å². The molecule has 1 N–H and O–H groups in total. The highest BCUT2D eigenvalue weighted by Crippen LogP contribution is 2.16. The van der Waals surface area contributed by atoms with E-state index in [9.17, 15) is 4.79 Å². The number of methoxy groups -OCH3 is 1. The van der Waals surface area contributed by atoms with Crippen LogP contribution < -0.4 is 5.32 Å². The lowest BCUT2D eigenvalue weighted by atomic mass is 10.1. The van der Waals surface area contributed by atoms with E-state index in [2.05, 4.69) is 15.0 Å². The minimum absolute atomic E-state index is 0.220. The fourth-order valence-electron chi connectivity index (χ4n) is 1.71. The molecule has 0 saturated heterocycles. The van der Waals surface area contributed by atoms with Gasteiger partial charge in [0.25, 0.3) is 0 Å². The third-order valence-corrected chi connectivity index (χ3v) is 2.64. The Balaban J connectivity index is 2.15. The van der Waals surface area contributed by atoms with Crippen LogP contribution >= 0.6 is 0 Å². The zero-order valence-corrected chi connectivity index (χ0v) is 11.0. The van der Waals surface area contributed by atoms with Crippen LogP contribution in [0.1, 0.15) is 11.3 Å². The van der Waals surface area contributed by atoms with Gasteiger partial charge in [-0.25, -0.2) is 4.98 Å². The average molecular weight is 267 g/mol. The minimum Gasteiger partial charge on any atom is -0.469 e. The van der Waals surface area contributed by atoms with Crippen molar-refractivity contribution in [2.45, 2.75) is 6.42 Å². The second-order valence-electron chi connectivity index (χ2n) is 4.10. The van der Waals surface area contributed by atoms with Crippen molar-refractivity contribution >= 4 is 17.5 Å². The maximum Gasteiger partial charge on any atom is 0.309 e. The molecule has 0 aliphatic carbocycles. The van der Waals surface area contributed by atoms with E-state index < -0.39 is 0 Å². The molecule has 2 aromatic rings. The largest absolute Gasteiger partial charge is 0.469 e. The van der Waals surface area contributed by atoms with Crippen LogP contribution in [0.3, 0.4) is 0 Å². The van der Waals surface area contributed by atoms with Gasteiger partial charge in [0.1, 0.15) is 17.6 Å². The number of esters is 1. The van der Waals surface area contributed by atoms with Crippen molar-refractivity contribution in [1.82, 2.24) is 4.98 Å². The van der Waals surface area contributed by atoms with Gasteiger partial charge in [0, 0.05) is 5.69 Å². The summed E-state index contributed by atoms with van der Waals surface area (Å²) in [4.78, 5) is 15.4. The maximum absolute atomic E-state index is 11.2. The zero-order valence-electron chi connectivity index (χ0n) is 11.0. The highest BCUT2D eigenvalue weighted by molar-refractivity contribution is 5.73. The molecule has 2 rings (SSSR count). The molecule has 0 unspecified atom stereocenters. The first-order valence-electron chi connectivity index (χ1n) is 6.01. The van der Waals surface area contributed by atoms with Crippen molar-refractivity contribution in [3.63, 3.8) is 0 Å². The number of aromatic nitrogens is 1. The summed E-state index contributed by atoms with van der Waals surface area (Å²) >= 11 is 0.